The van der Waals surface area contributed by atoms with Crippen molar-refractivity contribution >= 4 is 11.7 Å². The van der Waals surface area contributed by atoms with Crippen LogP contribution in [0.4, 0.5) is 0 Å². The molecular formula is C22H27N3O4. The van der Waals surface area contributed by atoms with Gasteiger partial charge in [0.05, 0.1) is 11.7 Å². The summed E-state index contributed by atoms with van der Waals surface area (Å²) in [4.78, 5) is 25.1. The van der Waals surface area contributed by atoms with Crippen molar-refractivity contribution in [3.8, 4) is 5.69 Å². The molecule has 7 heteroatoms. The molecule has 2 aliphatic rings. The number of benzene rings is 1. The van der Waals surface area contributed by atoms with Gasteiger partial charge in [-0.2, -0.15) is 5.10 Å². The fraction of sp³-hybridized carbons (Fsp3) is 0.500. The molecule has 2 aliphatic carbocycles. The molecule has 2 bridgehead atoms. The summed E-state index contributed by atoms with van der Waals surface area (Å²) in [6, 6.07) is 8.96. The molecule has 3 atom stereocenters. The summed E-state index contributed by atoms with van der Waals surface area (Å²) in [6.45, 7) is 1.79. The molecule has 0 spiro atoms. The second-order valence-electron chi connectivity index (χ2n) is 8.27. The van der Waals surface area contributed by atoms with Crippen LogP contribution >= 0.6 is 0 Å². The third kappa shape index (κ3) is 3.84. The zero-order chi connectivity index (χ0) is 20.5. The maximum absolute atomic E-state index is 12.7. The van der Waals surface area contributed by atoms with Crippen molar-refractivity contribution in [1.29, 1.82) is 0 Å². The minimum absolute atomic E-state index is 0.209. The van der Waals surface area contributed by atoms with E-state index >= 15 is 0 Å². The zero-order valence-corrected chi connectivity index (χ0v) is 16.4. The van der Waals surface area contributed by atoms with Crippen LogP contribution in [0.1, 0.15) is 44.2 Å². The minimum Gasteiger partial charge on any atom is -0.382 e. The molecule has 1 aromatic carbocycles. The first kappa shape index (κ1) is 19.8. The van der Waals surface area contributed by atoms with Gasteiger partial charge in [0.1, 0.15) is 6.10 Å². The van der Waals surface area contributed by atoms with Crippen LogP contribution in [0.25, 0.3) is 5.69 Å². The lowest BCUT2D eigenvalue weighted by atomic mass is 9.88. The third-order valence-corrected chi connectivity index (χ3v) is 6.54. The Morgan fingerprint density at radius 2 is 1.69 bits per heavy atom. The highest BCUT2D eigenvalue weighted by Crippen LogP contribution is 2.50. The van der Waals surface area contributed by atoms with Gasteiger partial charge in [0.2, 0.25) is 0 Å². The molecule has 2 aromatic rings. The van der Waals surface area contributed by atoms with Crippen LogP contribution in [0.3, 0.4) is 0 Å². The fourth-order valence-electron chi connectivity index (χ4n) is 4.93. The van der Waals surface area contributed by atoms with Gasteiger partial charge < -0.3 is 15.5 Å². The molecule has 29 heavy (non-hydrogen) atoms. The van der Waals surface area contributed by atoms with Crippen LogP contribution in [0, 0.1) is 17.8 Å². The average Bonchev–Trinajstić information content (AvgIpc) is 3.49. The number of carbonyl (C=O) groups is 2. The summed E-state index contributed by atoms with van der Waals surface area (Å²) in [7, 11) is 0. The summed E-state index contributed by atoms with van der Waals surface area (Å²) in [5.41, 5.74) is 1.74. The number of nitrogens with one attached hydrogen (secondary N) is 1. The second-order valence-corrected chi connectivity index (χ2v) is 8.27. The Labute approximate surface area is 169 Å². The topological polar surface area (TPSA) is 104 Å². The fourth-order valence-corrected chi connectivity index (χ4v) is 4.93. The van der Waals surface area contributed by atoms with E-state index in [0.29, 0.717) is 11.8 Å². The monoisotopic (exact) mass is 397 g/mol. The molecule has 0 radical (unpaired) electrons. The van der Waals surface area contributed by atoms with E-state index in [0.717, 1.165) is 36.9 Å². The highest BCUT2D eigenvalue weighted by molar-refractivity contribution is 5.93. The van der Waals surface area contributed by atoms with Gasteiger partial charge in [-0.05, 0) is 68.2 Å². The highest BCUT2D eigenvalue weighted by atomic mass is 16.3. The minimum atomic E-state index is -1.76. The van der Waals surface area contributed by atoms with Crippen LogP contribution in [-0.2, 0) is 9.59 Å². The third-order valence-electron chi connectivity index (χ3n) is 6.54. The number of aliphatic hydroxyl groups excluding tert-OH is 2. The van der Waals surface area contributed by atoms with E-state index in [1.165, 1.54) is 0 Å². The molecular weight excluding hydrogens is 370 g/mol. The maximum atomic E-state index is 12.7. The summed E-state index contributed by atoms with van der Waals surface area (Å²) < 4.78 is 1.73. The smallest absolute Gasteiger partial charge is 0.252 e. The molecule has 4 rings (SSSR count). The molecule has 2 saturated carbocycles. The predicted octanol–water partition coefficient (Wildman–Crippen LogP) is 1.78. The number of hydrogen-bond donors (Lipinski definition) is 3. The Morgan fingerprint density at radius 3 is 2.24 bits per heavy atom. The standard InChI is InChI=1S/C22H27N3O4/c1-13(14-7-9-17(10-8-14)25-12-2-11-23-25)24-22(29)21(28)20(27)19(26)18-15-3-4-16(18)6-5-15/h2,7-13,15-16,18,20-21,27-28H,3-6H2,1H3,(H,24,29)/t13-,15?,16?,18?,20+,21-/m1/s1. The number of aromatic nitrogens is 2. The largest absolute Gasteiger partial charge is 0.382 e. The van der Waals surface area contributed by atoms with E-state index in [2.05, 4.69) is 10.4 Å². The van der Waals surface area contributed by atoms with Crippen LogP contribution < -0.4 is 5.32 Å². The Hall–Kier alpha value is -2.51. The number of rotatable bonds is 7. The van der Waals surface area contributed by atoms with E-state index < -0.39 is 18.1 Å². The first-order valence-electron chi connectivity index (χ1n) is 10.3. The first-order valence-corrected chi connectivity index (χ1v) is 10.3. The van der Waals surface area contributed by atoms with E-state index in [4.69, 9.17) is 0 Å². The van der Waals surface area contributed by atoms with Gasteiger partial charge in [0, 0.05) is 18.3 Å². The molecule has 2 fully saturated rings. The second kappa shape index (κ2) is 8.08. The van der Waals surface area contributed by atoms with Gasteiger partial charge in [-0.3, -0.25) is 9.59 Å². The lowest BCUT2D eigenvalue weighted by molar-refractivity contribution is -0.148. The van der Waals surface area contributed by atoms with Crippen LogP contribution in [0.15, 0.2) is 42.7 Å². The zero-order valence-electron chi connectivity index (χ0n) is 16.4. The summed E-state index contributed by atoms with van der Waals surface area (Å²) in [6.07, 6.45) is 4.11. The maximum Gasteiger partial charge on any atom is 0.252 e. The lowest BCUT2D eigenvalue weighted by Gasteiger charge is -2.23. The molecule has 7 nitrogen and oxygen atoms in total. The first-order chi connectivity index (χ1) is 14.0. The van der Waals surface area contributed by atoms with Crippen LogP contribution in [0.2, 0.25) is 0 Å². The predicted molar refractivity (Wildman–Crippen MR) is 106 cm³/mol. The van der Waals surface area contributed by atoms with Crippen molar-refractivity contribution in [1.82, 2.24) is 15.1 Å². The van der Waals surface area contributed by atoms with E-state index in [1.807, 2.05) is 36.5 Å². The number of ketones is 1. The van der Waals surface area contributed by atoms with Crippen molar-refractivity contribution in [3.05, 3.63) is 48.3 Å². The van der Waals surface area contributed by atoms with Gasteiger partial charge in [-0.1, -0.05) is 12.1 Å². The van der Waals surface area contributed by atoms with Gasteiger partial charge >= 0.3 is 0 Å². The number of nitrogens with zero attached hydrogens (tertiary/aromatic N) is 2. The van der Waals surface area contributed by atoms with Crippen molar-refractivity contribution in [2.24, 2.45) is 17.8 Å². The SMILES string of the molecule is C[C@@H](NC(=O)[C@H](O)[C@@H](O)C(=O)C1C2CCC1CC2)c1ccc(-n2cccn2)cc1. The number of amides is 1. The molecule has 1 amide bonds. The Morgan fingerprint density at radius 1 is 1.07 bits per heavy atom. The number of aliphatic hydroxyl groups is 2. The van der Waals surface area contributed by atoms with Crippen LogP contribution in [0.5, 0.6) is 0 Å². The van der Waals surface area contributed by atoms with Gasteiger partial charge in [-0.25, -0.2) is 4.68 Å². The molecule has 0 aliphatic heterocycles. The van der Waals surface area contributed by atoms with Crippen molar-refractivity contribution < 1.29 is 19.8 Å². The number of fused-ring (bicyclic) bond motifs is 2. The molecule has 0 unspecified atom stereocenters. The van der Waals surface area contributed by atoms with E-state index in [9.17, 15) is 19.8 Å². The normalized spacial score (nSPS) is 26.1. The molecule has 1 heterocycles. The Bertz CT molecular complexity index is 845. The Kier molecular flexibility index (Phi) is 5.52. The average molecular weight is 397 g/mol. The summed E-state index contributed by atoms with van der Waals surface area (Å²) in [5.74, 6) is -0.734. The van der Waals surface area contributed by atoms with Crippen LogP contribution in [-0.4, -0.2) is 43.9 Å². The van der Waals surface area contributed by atoms with Gasteiger partial charge in [0.15, 0.2) is 11.9 Å². The summed E-state index contributed by atoms with van der Waals surface area (Å²) in [5, 5.41) is 27.5. The molecule has 1 aromatic heterocycles. The van der Waals surface area contributed by atoms with Gasteiger partial charge in [-0.15, -0.1) is 0 Å². The van der Waals surface area contributed by atoms with Crippen molar-refractivity contribution in [2.45, 2.75) is 50.9 Å². The Balaban J connectivity index is 1.36. The number of Topliss-reactive ketones (excluding diaryl/α,β-unsaturated/α-hetero) is 1. The number of hydrogen-bond acceptors (Lipinski definition) is 5. The van der Waals surface area contributed by atoms with E-state index in [-0.39, 0.29) is 17.7 Å². The van der Waals surface area contributed by atoms with Crippen molar-refractivity contribution in [2.75, 3.05) is 0 Å². The van der Waals surface area contributed by atoms with E-state index in [1.54, 1.807) is 17.8 Å². The highest BCUT2D eigenvalue weighted by Gasteiger charge is 2.48. The molecule has 0 saturated heterocycles. The van der Waals surface area contributed by atoms with Gasteiger partial charge in [0.25, 0.3) is 5.91 Å². The number of carbonyl (C=O) groups excluding carboxylic acids is 2. The van der Waals surface area contributed by atoms with Crippen molar-refractivity contribution in [3.63, 3.8) is 0 Å². The quantitative estimate of drug-likeness (QED) is 0.661. The molecule has 3 N–H and O–H groups in total. The lowest BCUT2D eigenvalue weighted by Crippen LogP contribution is -2.48. The summed E-state index contributed by atoms with van der Waals surface area (Å²) >= 11 is 0. The molecule has 154 valence electrons.